The zero-order valence-electron chi connectivity index (χ0n) is 17.0. The van der Waals surface area contributed by atoms with Crippen molar-refractivity contribution in [2.75, 3.05) is 6.61 Å². The van der Waals surface area contributed by atoms with E-state index in [2.05, 4.69) is 10.3 Å². The molecule has 4 rings (SSSR count). The molecule has 0 bridgehead atoms. The molecule has 0 aliphatic heterocycles. The highest BCUT2D eigenvalue weighted by Crippen LogP contribution is 2.22. The number of ether oxygens (including phenoxy) is 1. The van der Waals surface area contributed by atoms with Gasteiger partial charge in [0.25, 0.3) is 11.8 Å². The molecule has 2 amide bonds. The van der Waals surface area contributed by atoms with E-state index in [4.69, 9.17) is 4.74 Å². The predicted molar refractivity (Wildman–Crippen MR) is 114 cm³/mol. The topological polar surface area (TPSA) is 95.2 Å². The first-order valence-corrected chi connectivity index (χ1v) is 9.61. The van der Waals surface area contributed by atoms with E-state index < -0.39 is 24.4 Å². The Labute approximate surface area is 178 Å². The van der Waals surface area contributed by atoms with Gasteiger partial charge in [0.2, 0.25) is 0 Å². The van der Waals surface area contributed by atoms with Gasteiger partial charge in [-0.05, 0) is 49.4 Å². The highest BCUT2D eigenvalue weighted by molar-refractivity contribution is 6.04. The van der Waals surface area contributed by atoms with Gasteiger partial charge < -0.3 is 9.30 Å². The minimum absolute atomic E-state index is 0.270. The van der Waals surface area contributed by atoms with Crippen molar-refractivity contribution in [3.63, 3.8) is 0 Å². The number of hydrogen-bond acceptors (Lipinski definition) is 5. The third-order valence-electron chi connectivity index (χ3n) is 4.84. The van der Waals surface area contributed by atoms with Crippen LogP contribution in [0.5, 0.6) is 0 Å². The maximum absolute atomic E-state index is 12.4. The summed E-state index contributed by atoms with van der Waals surface area (Å²) in [5.74, 6) is -1.15. The lowest BCUT2D eigenvalue weighted by Crippen LogP contribution is -2.35. The van der Waals surface area contributed by atoms with Crippen molar-refractivity contribution in [3.8, 4) is 5.69 Å². The molecule has 0 aliphatic carbocycles. The summed E-state index contributed by atoms with van der Waals surface area (Å²) in [6, 6.07) is 18.1. The summed E-state index contributed by atoms with van der Waals surface area (Å²) in [6.45, 7) is 1.32. The van der Waals surface area contributed by atoms with E-state index >= 15 is 0 Å². The molecule has 0 saturated heterocycles. The van der Waals surface area contributed by atoms with Crippen LogP contribution in [0.25, 0.3) is 16.7 Å². The minimum atomic E-state index is -0.704. The number of imide groups is 1. The number of amides is 2. The monoisotopic (exact) mass is 416 g/mol. The molecule has 2 aromatic heterocycles. The van der Waals surface area contributed by atoms with Crippen molar-refractivity contribution in [2.24, 2.45) is 7.05 Å². The van der Waals surface area contributed by atoms with Crippen LogP contribution in [0.4, 0.5) is 0 Å². The molecule has 0 saturated carbocycles. The van der Waals surface area contributed by atoms with Gasteiger partial charge in [-0.3, -0.25) is 19.5 Å². The van der Waals surface area contributed by atoms with Crippen LogP contribution >= 0.6 is 0 Å². The molecule has 0 radical (unpaired) electrons. The van der Waals surface area contributed by atoms with Gasteiger partial charge in [0.15, 0.2) is 6.61 Å². The van der Waals surface area contributed by atoms with E-state index in [1.165, 1.54) is 0 Å². The number of imidazole rings is 1. The van der Waals surface area contributed by atoms with Crippen LogP contribution < -0.4 is 5.32 Å². The summed E-state index contributed by atoms with van der Waals surface area (Å²) in [6.07, 6.45) is 1.69. The van der Waals surface area contributed by atoms with Crippen LogP contribution in [-0.4, -0.2) is 38.5 Å². The van der Waals surface area contributed by atoms with E-state index in [0.717, 1.165) is 17.0 Å². The van der Waals surface area contributed by atoms with Crippen LogP contribution in [0.15, 0.2) is 66.9 Å². The van der Waals surface area contributed by atoms with Crippen LogP contribution in [0.2, 0.25) is 0 Å². The average molecular weight is 416 g/mol. The van der Waals surface area contributed by atoms with Crippen molar-refractivity contribution in [1.82, 2.24) is 19.4 Å². The molecule has 2 aromatic carbocycles. The first-order valence-electron chi connectivity index (χ1n) is 9.61. The van der Waals surface area contributed by atoms with Crippen molar-refractivity contribution in [2.45, 2.75) is 6.92 Å². The number of carbonyl (C=O) groups is 3. The summed E-state index contributed by atoms with van der Waals surface area (Å²) in [7, 11) is 1.69. The molecule has 0 atom stereocenters. The molecule has 0 aliphatic rings. The summed E-state index contributed by atoms with van der Waals surface area (Å²) < 4.78 is 8.64. The zero-order chi connectivity index (χ0) is 22.0. The van der Waals surface area contributed by atoms with Crippen molar-refractivity contribution < 1.29 is 19.1 Å². The number of benzene rings is 2. The SMILES string of the molecule is Cc1nc2cc(C(=O)OCC(=O)NC(=O)c3cccn3C)ccc2n1-c1ccccc1. The minimum Gasteiger partial charge on any atom is -0.452 e. The fourth-order valence-electron chi connectivity index (χ4n) is 3.37. The lowest BCUT2D eigenvalue weighted by molar-refractivity contribution is -0.123. The number of aryl methyl sites for hydroxylation is 2. The Balaban J connectivity index is 1.44. The van der Waals surface area contributed by atoms with Gasteiger partial charge in [-0.15, -0.1) is 0 Å². The van der Waals surface area contributed by atoms with Gasteiger partial charge in [-0.1, -0.05) is 18.2 Å². The van der Waals surface area contributed by atoms with E-state index in [0.29, 0.717) is 11.2 Å². The Morgan fingerprint density at radius 3 is 2.52 bits per heavy atom. The Bertz CT molecular complexity index is 1290. The Morgan fingerprint density at radius 1 is 1.03 bits per heavy atom. The molecule has 0 unspecified atom stereocenters. The number of rotatable bonds is 5. The highest BCUT2D eigenvalue weighted by atomic mass is 16.5. The van der Waals surface area contributed by atoms with Crippen molar-refractivity contribution in [1.29, 1.82) is 0 Å². The molecule has 4 aromatic rings. The molecular formula is C23H20N4O4. The second kappa shape index (κ2) is 8.27. The lowest BCUT2D eigenvalue weighted by Gasteiger charge is -2.08. The molecular weight excluding hydrogens is 396 g/mol. The summed E-state index contributed by atoms with van der Waals surface area (Å²) in [4.78, 5) is 41.0. The molecule has 8 nitrogen and oxygen atoms in total. The predicted octanol–water partition coefficient (Wildman–Crippen LogP) is 2.79. The fourth-order valence-corrected chi connectivity index (χ4v) is 3.37. The number of aromatic nitrogens is 3. The van der Waals surface area contributed by atoms with E-state index in [-0.39, 0.29) is 5.56 Å². The Kier molecular flexibility index (Phi) is 5.36. The molecule has 156 valence electrons. The number of carbonyl (C=O) groups excluding carboxylic acids is 3. The number of esters is 1. The third kappa shape index (κ3) is 4.09. The molecule has 2 heterocycles. The summed E-state index contributed by atoms with van der Waals surface area (Å²) in [5, 5.41) is 2.20. The van der Waals surface area contributed by atoms with Gasteiger partial charge in [0.1, 0.15) is 11.5 Å². The molecule has 0 spiro atoms. The number of fused-ring (bicyclic) bond motifs is 1. The molecule has 31 heavy (non-hydrogen) atoms. The van der Waals surface area contributed by atoms with Crippen molar-refractivity contribution in [3.05, 3.63) is 83.9 Å². The van der Waals surface area contributed by atoms with Crippen LogP contribution in [0.1, 0.15) is 26.7 Å². The first kappa shape index (κ1) is 20.1. The van der Waals surface area contributed by atoms with E-state index in [9.17, 15) is 14.4 Å². The van der Waals surface area contributed by atoms with E-state index in [1.54, 1.807) is 48.1 Å². The quantitative estimate of drug-likeness (QED) is 0.505. The van der Waals surface area contributed by atoms with Gasteiger partial charge in [-0.25, -0.2) is 9.78 Å². The van der Waals surface area contributed by atoms with Crippen molar-refractivity contribution >= 4 is 28.8 Å². The third-order valence-corrected chi connectivity index (χ3v) is 4.84. The fraction of sp³-hybridized carbons (Fsp3) is 0.130. The average Bonchev–Trinajstić information content (AvgIpc) is 3.34. The second-order valence-corrected chi connectivity index (χ2v) is 6.99. The van der Waals surface area contributed by atoms with Crippen LogP contribution in [-0.2, 0) is 16.6 Å². The largest absolute Gasteiger partial charge is 0.452 e. The van der Waals surface area contributed by atoms with Gasteiger partial charge in [-0.2, -0.15) is 0 Å². The Hall–Kier alpha value is -4.20. The number of nitrogens with zero attached hydrogens (tertiary/aromatic N) is 3. The zero-order valence-corrected chi connectivity index (χ0v) is 17.0. The molecule has 0 fully saturated rings. The maximum Gasteiger partial charge on any atom is 0.338 e. The standard InChI is InChI=1S/C23H20N4O4/c1-15-24-18-13-16(10-11-19(18)27(15)17-7-4-3-5-8-17)23(30)31-14-21(28)25-22(29)20-9-6-12-26(20)2/h3-13H,14H2,1-2H3,(H,25,28,29). The molecule has 1 N–H and O–H groups in total. The smallest absolute Gasteiger partial charge is 0.338 e. The van der Waals surface area contributed by atoms with Gasteiger partial charge in [0.05, 0.1) is 16.6 Å². The summed E-state index contributed by atoms with van der Waals surface area (Å²) in [5.41, 5.74) is 3.06. The van der Waals surface area contributed by atoms with Crippen LogP contribution in [0.3, 0.4) is 0 Å². The maximum atomic E-state index is 12.4. The number of hydrogen-bond donors (Lipinski definition) is 1. The second-order valence-electron chi connectivity index (χ2n) is 6.99. The first-order chi connectivity index (χ1) is 14.9. The van der Waals surface area contributed by atoms with Gasteiger partial charge in [0, 0.05) is 18.9 Å². The molecule has 8 heteroatoms. The summed E-state index contributed by atoms with van der Waals surface area (Å²) >= 11 is 0. The van der Waals surface area contributed by atoms with Crippen LogP contribution in [0, 0.1) is 6.92 Å². The normalized spacial score (nSPS) is 10.8. The van der Waals surface area contributed by atoms with E-state index in [1.807, 2.05) is 41.8 Å². The Morgan fingerprint density at radius 2 is 1.81 bits per heavy atom. The lowest BCUT2D eigenvalue weighted by atomic mass is 10.2. The number of nitrogens with one attached hydrogen (secondary N) is 1. The number of para-hydroxylation sites is 1. The van der Waals surface area contributed by atoms with Gasteiger partial charge >= 0.3 is 5.97 Å². The highest BCUT2D eigenvalue weighted by Gasteiger charge is 2.17.